The zero-order chi connectivity index (χ0) is 22.8. The Hall–Kier alpha value is -2.93. The van der Waals surface area contributed by atoms with Gasteiger partial charge in [0.15, 0.2) is 5.78 Å². The summed E-state index contributed by atoms with van der Waals surface area (Å²) in [6, 6.07) is 11.1. The van der Waals surface area contributed by atoms with Crippen molar-refractivity contribution in [3.8, 4) is 5.75 Å². The number of amides is 1. The molecule has 164 valence electrons. The molecule has 3 unspecified atom stereocenters. The zero-order valence-corrected chi connectivity index (χ0v) is 18.4. The van der Waals surface area contributed by atoms with Crippen molar-refractivity contribution >= 4 is 23.3 Å². The van der Waals surface area contributed by atoms with E-state index in [1.54, 1.807) is 42.5 Å². The molecule has 0 aromatic heterocycles. The van der Waals surface area contributed by atoms with E-state index in [0.29, 0.717) is 33.9 Å². The lowest BCUT2D eigenvalue weighted by atomic mass is 9.80. The highest BCUT2D eigenvalue weighted by molar-refractivity contribution is 6.30. The average molecular weight is 451 g/mol. The maximum absolute atomic E-state index is 13.9. The van der Waals surface area contributed by atoms with Gasteiger partial charge in [-0.1, -0.05) is 49.7 Å². The lowest BCUT2D eigenvalue weighted by Gasteiger charge is -2.35. The fourth-order valence-corrected chi connectivity index (χ4v) is 4.95. The van der Waals surface area contributed by atoms with Gasteiger partial charge in [-0.25, -0.2) is 0 Å². The highest BCUT2D eigenvalue weighted by Crippen LogP contribution is 2.57. The first-order valence-electron chi connectivity index (χ1n) is 10.5. The fourth-order valence-electron chi connectivity index (χ4n) is 4.82. The number of hydrogen-bond acceptors (Lipinski definition) is 5. The number of nitrogens with one attached hydrogen (secondary N) is 1. The number of nitrogens with two attached hydrogens (primary N) is 1. The third-order valence-corrected chi connectivity index (χ3v) is 6.79. The molecule has 1 amide bonds. The molecule has 0 spiro atoms. The van der Waals surface area contributed by atoms with Gasteiger partial charge in [0.2, 0.25) is 5.54 Å². The molecule has 0 radical (unpaired) electrons. The number of hydrogen-bond donors (Lipinski definition) is 3. The number of rotatable bonds is 3. The summed E-state index contributed by atoms with van der Waals surface area (Å²) in [5.74, 6) is -2.51. The molecule has 3 atom stereocenters. The summed E-state index contributed by atoms with van der Waals surface area (Å²) >= 11 is 5.95. The molecule has 0 bridgehead atoms. The van der Waals surface area contributed by atoms with Crippen LogP contribution in [0.4, 0.5) is 0 Å². The lowest BCUT2D eigenvalue weighted by molar-refractivity contribution is -0.154. The van der Waals surface area contributed by atoms with Gasteiger partial charge in [-0.15, -0.1) is 0 Å². The second-order valence-electron chi connectivity index (χ2n) is 8.77. The number of ether oxygens (including phenoxy) is 1. The van der Waals surface area contributed by atoms with Gasteiger partial charge in [0.25, 0.3) is 11.7 Å². The van der Waals surface area contributed by atoms with Gasteiger partial charge in [-0.05, 0) is 48.2 Å². The Kier molecular flexibility index (Phi) is 4.60. The quantitative estimate of drug-likeness (QED) is 0.665. The molecular formula is C25H23ClN2O4. The molecule has 7 heteroatoms. The van der Waals surface area contributed by atoms with Crippen molar-refractivity contribution in [1.82, 2.24) is 5.32 Å². The Balaban J connectivity index is 1.69. The zero-order valence-electron chi connectivity index (χ0n) is 17.7. The molecule has 4 N–H and O–H groups in total. The van der Waals surface area contributed by atoms with E-state index in [9.17, 15) is 14.7 Å². The van der Waals surface area contributed by atoms with Crippen LogP contribution in [0.5, 0.6) is 5.75 Å². The number of ketones is 1. The summed E-state index contributed by atoms with van der Waals surface area (Å²) in [6.07, 6.45) is 3.93. The van der Waals surface area contributed by atoms with Crippen molar-refractivity contribution in [3.05, 3.63) is 87.5 Å². The molecule has 0 saturated heterocycles. The summed E-state index contributed by atoms with van der Waals surface area (Å²) in [5, 5.41) is 15.2. The van der Waals surface area contributed by atoms with E-state index >= 15 is 0 Å². The Morgan fingerprint density at radius 3 is 2.66 bits per heavy atom. The monoisotopic (exact) mass is 450 g/mol. The SMILES string of the molecule is CC(C)c1ccc2c(c1)OC1(O)C3=C(C(=O)C21NC(=O)c1ccc(Cl)cc1)C(N)CC=C3. The Labute approximate surface area is 190 Å². The van der Waals surface area contributed by atoms with E-state index in [4.69, 9.17) is 22.1 Å². The number of carbonyl (C=O) groups is 2. The van der Waals surface area contributed by atoms with Gasteiger partial charge >= 0.3 is 0 Å². The van der Waals surface area contributed by atoms with Crippen LogP contribution in [0, 0.1) is 0 Å². The summed E-state index contributed by atoms with van der Waals surface area (Å²) in [4.78, 5) is 27.2. The van der Waals surface area contributed by atoms with Crippen LogP contribution in [-0.2, 0) is 10.3 Å². The van der Waals surface area contributed by atoms with Gasteiger partial charge in [0, 0.05) is 33.3 Å². The van der Waals surface area contributed by atoms with Crippen molar-refractivity contribution in [1.29, 1.82) is 0 Å². The first-order valence-corrected chi connectivity index (χ1v) is 10.9. The van der Waals surface area contributed by atoms with Crippen molar-refractivity contribution < 1.29 is 19.4 Å². The Morgan fingerprint density at radius 2 is 1.97 bits per heavy atom. The lowest BCUT2D eigenvalue weighted by Crippen LogP contribution is -2.63. The maximum Gasteiger partial charge on any atom is 0.270 e. The summed E-state index contributed by atoms with van der Waals surface area (Å²) < 4.78 is 6.09. The molecule has 2 aromatic rings. The van der Waals surface area contributed by atoms with E-state index in [1.807, 2.05) is 26.0 Å². The predicted octanol–water partition coefficient (Wildman–Crippen LogP) is 3.34. The van der Waals surface area contributed by atoms with Crippen molar-refractivity contribution in [2.75, 3.05) is 0 Å². The van der Waals surface area contributed by atoms with E-state index < -0.39 is 29.1 Å². The normalized spacial score (nSPS) is 27.8. The van der Waals surface area contributed by atoms with Gasteiger partial charge in [0.1, 0.15) is 5.75 Å². The number of benzene rings is 2. The minimum Gasteiger partial charge on any atom is -0.454 e. The maximum atomic E-state index is 13.9. The topological polar surface area (TPSA) is 102 Å². The number of fused-ring (bicyclic) bond motifs is 4. The van der Waals surface area contributed by atoms with Crippen LogP contribution >= 0.6 is 11.6 Å². The van der Waals surface area contributed by atoms with Crippen LogP contribution in [0.1, 0.15) is 47.7 Å². The Morgan fingerprint density at radius 1 is 1.25 bits per heavy atom. The van der Waals surface area contributed by atoms with Gasteiger partial charge in [-0.3, -0.25) is 9.59 Å². The smallest absolute Gasteiger partial charge is 0.270 e. The molecule has 5 rings (SSSR count). The van der Waals surface area contributed by atoms with E-state index in [0.717, 1.165) is 5.56 Å². The van der Waals surface area contributed by atoms with Crippen LogP contribution < -0.4 is 15.8 Å². The van der Waals surface area contributed by atoms with E-state index in [1.165, 1.54) is 0 Å². The van der Waals surface area contributed by atoms with Gasteiger partial charge < -0.3 is 20.9 Å². The average Bonchev–Trinajstić information content (AvgIpc) is 3.11. The number of halogens is 1. The second-order valence-corrected chi connectivity index (χ2v) is 9.20. The standard InChI is InChI=1S/C25H23ClN2O4/c1-13(2)15-8-11-17-20(12-15)32-25(31)18-4-3-5-19(27)21(18)22(29)24(17,25)28-23(30)14-6-9-16(26)10-7-14/h3-4,6-13,19,31H,5,27H2,1-2H3,(H,28,30). The third kappa shape index (κ3) is 2.67. The summed E-state index contributed by atoms with van der Waals surface area (Å²) in [6.45, 7) is 4.08. The minimum absolute atomic E-state index is 0.215. The number of carbonyl (C=O) groups excluding carboxylic acids is 2. The molecule has 3 aliphatic rings. The highest BCUT2D eigenvalue weighted by atomic mass is 35.5. The fraction of sp³-hybridized carbons (Fsp3) is 0.280. The van der Waals surface area contributed by atoms with Crippen LogP contribution in [0.2, 0.25) is 5.02 Å². The van der Waals surface area contributed by atoms with Crippen molar-refractivity contribution in [2.24, 2.45) is 5.73 Å². The molecule has 2 aromatic carbocycles. The van der Waals surface area contributed by atoms with E-state index in [2.05, 4.69) is 5.32 Å². The first-order chi connectivity index (χ1) is 15.2. The molecule has 2 aliphatic carbocycles. The molecule has 0 fully saturated rings. The predicted molar refractivity (Wildman–Crippen MR) is 120 cm³/mol. The van der Waals surface area contributed by atoms with Crippen LogP contribution in [0.25, 0.3) is 0 Å². The van der Waals surface area contributed by atoms with Crippen LogP contribution in [0.15, 0.2) is 65.8 Å². The van der Waals surface area contributed by atoms with Gasteiger partial charge in [0.05, 0.1) is 0 Å². The molecular weight excluding hydrogens is 428 g/mol. The third-order valence-electron chi connectivity index (χ3n) is 6.54. The van der Waals surface area contributed by atoms with Crippen LogP contribution in [-0.4, -0.2) is 28.6 Å². The van der Waals surface area contributed by atoms with Crippen molar-refractivity contribution in [3.63, 3.8) is 0 Å². The van der Waals surface area contributed by atoms with E-state index in [-0.39, 0.29) is 11.5 Å². The van der Waals surface area contributed by atoms with Crippen LogP contribution in [0.3, 0.4) is 0 Å². The largest absolute Gasteiger partial charge is 0.454 e. The highest BCUT2D eigenvalue weighted by Gasteiger charge is 2.72. The summed E-state index contributed by atoms with van der Waals surface area (Å²) in [5.41, 5.74) is 6.68. The first kappa shape index (κ1) is 20.9. The summed E-state index contributed by atoms with van der Waals surface area (Å²) in [7, 11) is 0. The van der Waals surface area contributed by atoms with Crippen molar-refractivity contribution in [2.45, 2.75) is 43.6 Å². The molecule has 1 aliphatic heterocycles. The minimum atomic E-state index is -2.10. The Bertz CT molecular complexity index is 1220. The number of Topliss-reactive ketones (excluding diaryl/α,β-unsaturated/α-hetero) is 1. The second kappa shape index (κ2) is 7.04. The number of aliphatic hydroxyl groups is 1. The molecule has 0 saturated carbocycles. The molecule has 6 nitrogen and oxygen atoms in total. The van der Waals surface area contributed by atoms with Gasteiger partial charge in [-0.2, -0.15) is 0 Å². The molecule has 1 heterocycles. The molecule has 32 heavy (non-hydrogen) atoms.